The minimum absolute atomic E-state index is 0.0213. The van der Waals surface area contributed by atoms with Crippen LogP contribution in [0.4, 0.5) is 0 Å². The summed E-state index contributed by atoms with van der Waals surface area (Å²) in [5.74, 6) is 0.333. The van der Waals surface area contributed by atoms with Crippen LogP contribution in [-0.4, -0.2) is 25.0 Å². The second kappa shape index (κ2) is 9.61. The fourth-order valence-corrected chi connectivity index (χ4v) is 2.60. The maximum atomic E-state index is 12.7. The lowest BCUT2D eigenvalue weighted by atomic mass is 9.97. The van der Waals surface area contributed by atoms with Crippen LogP contribution in [0.15, 0.2) is 54.6 Å². The van der Waals surface area contributed by atoms with E-state index < -0.39 is 6.04 Å². The summed E-state index contributed by atoms with van der Waals surface area (Å²) in [7, 11) is 1.61. The van der Waals surface area contributed by atoms with Crippen molar-refractivity contribution in [1.29, 1.82) is 0 Å². The average molecular weight is 354 g/mol. The molecule has 0 fully saturated rings. The van der Waals surface area contributed by atoms with Gasteiger partial charge in [-0.2, -0.15) is 0 Å². The molecule has 0 aliphatic heterocycles. The standard InChI is InChI=1S/C21H26N2O3/c1-4-15(2)19(23-20(24)17-10-6-5-7-11-17)21(25)22-14-16-9-8-12-18(13-16)26-3/h5-13,15,19H,4,14H2,1-3H3,(H,22,25)(H,23,24)/t15-,19-/m0/s1. The fraction of sp³-hybridized carbons (Fsp3) is 0.333. The molecule has 0 saturated heterocycles. The summed E-state index contributed by atoms with van der Waals surface area (Å²) >= 11 is 0. The number of hydrogen-bond acceptors (Lipinski definition) is 3. The highest BCUT2D eigenvalue weighted by Crippen LogP contribution is 2.13. The van der Waals surface area contributed by atoms with Gasteiger partial charge >= 0.3 is 0 Å². The SMILES string of the molecule is CC[C@H](C)[C@H](NC(=O)c1ccccc1)C(=O)NCc1cccc(OC)c1. The van der Waals surface area contributed by atoms with Crippen molar-refractivity contribution in [3.8, 4) is 5.75 Å². The lowest BCUT2D eigenvalue weighted by Gasteiger charge is -2.23. The Morgan fingerprint density at radius 1 is 1.08 bits per heavy atom. The van der Waals surface area contributed by atoms with Crippen molar-refractivity contribution in [2.45, 2.75) is 32.9 Å². The van der Waals surface area contributed by atoms with Gasteiger partial charge in [-0.1, -0.05) is 50.6 Å². The van der Waals surface area contributed by atoms with Crippen LogP contribution in [0.25, 0.3) is 0 Å². The number of nitrogens with one attached hydrogen (secondary N) is 2. The predicted molar refractivity (Wildman–Crippen MR) is 102 cm³/mol. The summed E-state index contributed by atoms with van der Waals surface area (Å²) in [6.45, 7) is 4.34. The third-order valence-electron chi connectivity index (χ3n) is 4.42. The van der Waals surface area contributed by atoms with E-state index in [0.717, 1.165) is 17.7 Å². The molecule has 5 nitrogen and oxygen atoms in total. The van der Waals surface area contributed by atoms with E-state index in [-0.39, 0.29) is 17.7 Å². The minimum Gasteiger partial charge on any atom is -0.497 e. The number of ether oxygens (including phenoxy) is 1. The zero-order valence-electron chi connectivity index (χ0n) is 15.5. The number of rotatable bonds is 8. The van der Waals surface area contributed by atoms with Crippen LogP contribution in [0.2, 0.25) is 0 Å². The van der Waals surface area contributed by atoms with Crippen molar-refractivity contribution in [3.05, 3.63) is 65.7 Å². The van der Waals surface area contributed by atoms with E-state index in [1.807, 2.05) is 44.2 Å². The van der Waals surface area contributed by atoms with Crippen molar-refractivity contribution in [1.82, 2.24) is 10.6 Å². The summed E-state index contributed by atoms with van der Waals surface area (Å²) in [6, 6.07) is 15.9. The van der Waals surface area contributed by atoms with Crippen LogP contribution < -0.4 is 15.4 Å². The van der Waals surface area contributed by atoms with E-state index in [1.54, 1.807) is 31.4 Å². The highest BCUT2D eigenvalue weighted by atomic mass is 16.5. The van der Waals surface area contributed by atoms with Gasteiger partial charge in [0.25, 0.3) is 5.91 Å². The van der Waals surface area contributed by atoms with E-state index in [1.165, 1.54) is 0 Å². The Morgan fingerprint density at radius 3 is 2.46 bits per heavy atom. The average Bonchev–Trinajstić information content (AvgIpc) is 2.70. The van der Waals surface area contributed by atoms with Crippen LogP contribution >= 0.6 is 0 Å². The van der Waals surface area contributed by atoms with Crippen LogP contribution in [-0.2, 0) is 11.3 Å². The lowest BCUT2D eigenvalue weighted by molar-refractivity contribution is -0.124. The van der Waals surface area contributed by atoms with Gasteiger partial charge in [0.1, 0.15) is 11.8 Å². The van der Waals surface area contributed by atoms with Gasteiger partial charge < -0.3 is 15.4 Å². The van der Waals surface area contributed by atoms with Crippen LogP contribution in [0.3, 0.4) is 0 Å². The molecule has 0 radical (unpaired) electrons. The first-order valence-corrected chi connectivity index (χ1v) is 8.81. The van der Waals surface area contributed by atoms with Gasteiger partial charge in [-0.05, 0) is 35.7 Å². The Hall–Kier alpha value is -2.82. The Bertz CT molecular complexity index is 731. The van der Waals surface area contributed by atoms with Gasteiger partial charge in [-0.3, -0.25) is 9.59 Å². The summed E-state index contributed by atoms with van der Waals surface area (Å²) < 4.78 is 5.20. The van der Waals surface area contributed by atoms with Gasteiger partial charge in [0.15, 0.2) is 0 Å². The van der Waals surface area contributed by atoms with Gasteiger partial charge in [0.2, 0.25) is 5.91 Å². The molecule has 0 saturated carbocycles. The van der Waals surface area contributed by atoms with E-state index >= 15 is 0 Å². The molecule has 2 aromatic rings. The van der Waals surface area contributed by atoms with Crippen LogP contribution in [0, 0.1) is 5.92 Å². The minimum atomic E-state index is -0.585. The molecule has 0 aliphatic carbocycles. The number of carbonyl (C=O) groups excluding carboxylic acids is 2. The molecule has 2 atom stereocenters. The van der Waals surface area contributed by atoms with Crippen molar-refractivity contribution >= 4 is 11.8 Å². The van der Waals surface area contributed by atoms with E-state index in [0.29, 0.717) is 12.1 Å². The molecule has 5 heteroatoms. The van der Waals surface area contributed by atoms with Gasteiger partial charge in [-0.15, -0.1) is 0 Å². The number of carbonyl (C=O) groups is 2. The molecule has 0 spiro atoms. The van der Waals surface area contributed by atoms with Crippen molar-refractivity contribution in [3.63, 3.8) is 0 Å². The molecule has 26 heavy (non-hydrogen) atoms. The Labute approximate surface area is 154 Å². The number of benzene rings is 2. The predicted octanol–water partition coefficient (Wildman–Crippen LogP) is 3.16. The highest BCUT2D eigenvalue weighted by Gasteiger charge is 2.26. The Balaban J connectivity index is 2.03. The maximum Gasteiger partial charge on any atom is 0.251 e. The molecule has 2 rings (SSSR count). The fourth-order valence-electron chi connectivity index (χ4n) is 2.60. The second-order valence-corrected chi connectivity index (χ2v) is 6.27. The molecule has 2 amide bonds. The molecular formula is C21H26N2O3. The van der Waals surface area contributed by atoms with E-state index in [2.05, 4.69) is 10.6 Å². The summed E-state index contributed by atoms with van der Waals surface area (Å²) in [4.78, 5) is 25.1. The number of amides is 2. The lowest BCUT2D eigenvalue weighted by Crippen LogP contribution is -2.50. The van der Waals surface area contributed by atoms with E-state index in [9.17, 15) is 9.59 Å². The Morgan fingerprint density at radius 2 is 1.81 bits per heavy atom. The van der Waals surface area contributed by atoms with Crippen molar-refractivity contribution < 1.29 is 14.3 Å². The zero-order chi connectivity index (χ0) is 18.9. The van der Waals surface area contributed by atoms with E-state index in [4.69, 9.17) is 4.74 Å². The Kier molecular flexibility index (Phi) is 7.21. The van der Waals surface area contributed by atoms with Gasteiger partial charge in [-0.25, -0.2) is 0 Å². The number of hydrogen-bond donors (Lipinski definition) is 2. The monoisotopic (exact) mass is 354 g/mol. The smallest absolute Gasteiger partial charge is 0.251 e. The molecular weight excluding hydrogens is 328 g/mol. The third kappa shape index (κ3) is 5.34. The third-order valence-corrected chi connectivity index (χ3v) is 4.42. The van der Waals surface area contributed by atoms with Crippen molar-refractivity contribution in [2.24, 2.45) is 5.92 Å². The molecule has 0 unspecified atom stereocenters. The van der Waals surface area contributed by atoms with Crippen LogP contribution in [0.5, 0.6) is 5.75 Å². The normalized spacial score (nSPS) is 12.7. The summed E-state index contributed by atoms with van der Waals surface area (Å²) in [6.07, 6.45) is 0.784. The first-order chi connectivity index (χ1) is 12.5. The molecule has 0 aliphatic rings. The first kappa shape index (κ1) is 19.5. The molecule has 0 heterocycles. The zero-order valence-corrected chi connectivity index (χ0v) is 15.5. The molecule has 2 N–H and O–H groups in total. The largest absolute Gasteiger partial charge is 0.497 e. The molecule has 0 aromatic heterocycles. The van der Waals surface area contributed by atoms with Gasteiger partial charge in [0, 0.05) is 12.1 Å². The highest BCUT2D eigenvalue weighted by molar-refractivity contribution is 5.97. The molecule has 0 bridgehead atoms. The summed E-state index contributed by atoms with van der Waals surface area (Å²) in [5.41, 5.74) is 1.48. The van der Waals surface area contributed by atoms with Gasteiger partial charge in [0.05, 0.1) is 7.11 Å². The quantitative estimate of drug-likeness (QED) is 0.765. The van der Waals surface area contributed by atoms with Crippen molar-refractivity contribution in [2.75, 3.05) is 7.11 Å². The summed E-state index contributed by atoms with van der Waals surface area (Å²) in [5, 5.41) is 5.78. The topological polar surface area (TPSA) is 67.4 Å². The molecule has 2 aromatic carbocycles. The first-order valence-electron chi connectivity index (χ1n) is 8.81. The van der Waals surface area contributed by atoms with Crippen LogP contribution in [0.1, 0.15) is 36.2 Å². The molecule has 138 valence electrons. The maximum absolute atomic E-state index is 12.7. The second-order valence-electron chi connectivity index (χ2n) is 6.27. The number of methoxy groups -OCH3 is 1.